The summed E-state index contributed by atoms with van der Waals surface area (Å²) >= 11 is 0. The maximum absolute atomic E-state index is 11.4. The van der Waals surface area contributed by atoms with Crippen molar-refractivity contribution in [3.63, 3.8) is 0 Å². The molecule has 1 aromatic rings. The lowest BCUT2D eigenvalue weighted by atomic mass is 10.1. The number of anilines is 1. The predicted molar refractivity (Wildman–Crippen MR) is 79.1 cm³/mol. The number of aliphatic hydroxyl groups is 1. The zero-order valence-corrected chi connectivity index (χ0v) is 12.0. The molecule has 1 atom stereocenters. The van der Waals surface area contributed by atoms with E-state index < -0.39 is 6.10 Å². The highest BCUT2D eigenvalue weighted by atomic mass is 16.3. The van der Waals surface area contributed by atoms with Crippen molar-refractivity contribution in [3.8, 4) is 0 Å². The van der Waals surface area contributed by atoms with Gasteiger partial charge in [0.1, 0.15) is 0 Å². The van der Waals surface area contributed by atoms with E-state index in [9.17, 15) is 9.90 Å². The van der Waals surface area contributed by atoms with Crippen molar-refractivity contribution >= 4 is 11.6 Å². The first-order valence-corrected chi connectivity index (χ1v) is 7.07. The van der Waals surface area contributed by atoms with Gasteiger partial charge in [0.25, 0.3) is 0 Å². The topological polar surface area (TPSA) is 69.8 Å². The minimum Gasteiger partial charge on any atom is -0.399 e. The Bertz CT molecular complexity index is 464. The third-order valence-corrected chi connectivity index (χ3v) is 3.76. The molecule has 1 unspecified atom stereocenters. The Balaban J connectivity index is 1.91. The highest BCUT2D eigenvalue weighted by molar-refractivity contribution is 5.73. The largest absolute Gasteiger partial charge is 0.399 e. The highest BCUT2D eigenvalue weighted by Crippen LogP contribution is 2.17. The minimum atomic E-state index is -0.539. The third-order valence-electron chi connectivity index (χ3n) is 3.76. The molecule has 20 heavy (non-hydrogen) atoms. The van der Waals surface area contributed by atoms with E-state index in [0.717, 1.165) is 38.2 Å². The molecule has 110 valence electrons. The molecule has 0 saturated carbocycles. The van der Waals surface area contributed by atoms with Gasteiger partial charge < -0.3 is 15.7 Å². The Kier molecular flexibility index (Phi) is 4.98. The van der Waals surface area contributed by atoms with E-state index in [-0.39, 0.29) is 5.91 Å². The first kappa shape index (κ1) is 14.8. The smallest absolute Gasteiger partial charge is 0.219 e. The van der Waals surface area contributed by atoms with E-state index in [4.69, 9.17) is 5.73 Å². The van der Waals surface area contributed by atoms with Gasteiger partial charge in [-0.25, -0.2) is 0 Å². The van der Waals surface area contributed by atoms with E-state index in [0.29, 0.717) is 12.2 Å². The molecule has 1 aromatic carbocycles. The average Bonchev–Trinajstić information content (AvgIpc) is 2.64. The summed E-state index contributed by atoms with van der Waals surface area (Å²) in [7, 11) is 0. The van der Waals surface area contributed by atoms with Crippen LogP contribution in [0.5, 0.6) is 0 Å². The average molecular weight is 277 g/mol. The van der Waals surface area contributed by atoms with Crippen LogP contribution in [0.25, 0.3) is 0 Å². The minimum absolute atomic E-state index is 0.128. The molecule has 1 amide bonds. The number of carbonyl (C=O) groups excluding carboxylic acids is 1. The number of nitrogens with two attached hydrogens (primary N) is 1. The van der Waals surface area contributed by atoms with Crippen LogP contribution >= 0.6 is 0 Å². The Labute approximate surface area is 120 Å². The highest BCUT2D eigenvalue weighted by Gasteiger charge is 2.19. The number of rotatable bonds is 3. The summed E-state index contributed by atoms with van der Waals surface area (Å²) in [6.45, 7) is 5.44. The van der Waals surface area contributed by atoms with Gasteiger partial charge in [-0.3, -0.25) is 9.69 Å². The summed E-state index contributed by atoms with van der Waals surface area (Å²) in [4.78, 5) is 15.5. The number of carbonyl (C=O) groups is 1. The summed E-state index contributed by atoms with van der Waals surface area (Å²) in [5, 5.41) is 10.3. The second-order valence-corrected chi connectivity index (χ2v) is 5.35. The number of benzene rings is 1. The quantitative estimate of drug-likeness (QED) is 0.804. The fourth-order valence-electron chi connectivity index (χ4n) is 2.58. The maximum Gasteiger partial charge on any atom is 0.219 e. The normalized spacial score (nSPS) is 18.6. The molecule has 3 N–H and O–H groups in total. The second-order valence-electron chi connectivity index (χ2n) is 5.35. The van der Waals surface area contributed by atoms with Crippen molar-refractivity contribution < 1.29 is 9.90 Å². The van der Waals surface area contributed by atoms with Crippen LogP contribution in [-0.4, -0.2) is 53.5 Å². The van der Waals surface area contributed by atoms with Crippen LogP contribution in [0.2, 0.25) is 0 Å². The van der Waals surface area contributed by atoms with E-state index in [2.05, 4.69) is 4.90 Å². The molecule has 0 bridgehead atoms. The Hall–Kier alpha value is -1.59. The SMILES string of the molecule is CC(=O)N1CCCN(CC(O)c2cccc(N)c2)CC1. The summed E-state index contributed by atoms with van der Waals surface area (Å²) < 4.78 is 0. The summed E-state index contributed by atoms with van der Waals surface area (Å²) in [6.07, 6.45) is 0.408. The Morgan fingerprint density at radius 3 is 2.85 bits per heavy atom. The number of aliphatic hydroxyl groups excluding tert-OH is 1. The van der Waals surface area contributed by atoms with Crippen molar-refractivity contribution in [2.75, 3.05) is 38.5 Å². The fraction of sp³-hybridized carbons (Fsp3) is 0.533. The first-order valence-electron chi connectivity index (χ1n) is 7.07. The van der Waals surface area contributed by atoms with Gasteiger partial charge in [-0.1, -0.05) is 12.1 Å². The molecule has 1 aliphatic rings. The molecule has 0 spiro atoms. The van der Waals surface area contributed by atoms with Crippen LogP contribution < -0.4 is 5.73 Å². The van der Waals surface area contributed by atoms with Crippen molar-refractivity contribution in [1.82, 2.24) is 9.80 Å². The van der Waals surface area contributed by atoms with Gasteiger partial charge in [-0.05, 0) is 24.1 Å². The number of hydrogen-bond acceptors (Lipinski definition) is 4. The van der Waals surface area contributed by atoms with Crippen molar-refractivity contribution in [2.45, 2.75) is 19.4 Å². The third kappa shape index (κ3) is 3.95. The lowest BCUT2D eigenvalue weighted by Crippen LogP contribution is -2.35. The molecule has 2 rings (SSSR count). The number of β-amino-alcohol motifs (C(OH)–C–C–N with tert-alkyl or cyclic N) is 1. The van der Waals surface area contributed by atoms with Crippen molar-refractivity contribution in [2.24, 2.45) is 0 Å². The molecular weight excluding hydrogens is 254 g/mol. The molecule has 1 saturated heterocycles. The van der Waals surface area contributed by atoms with Crippen LogP contribution in [-0.2, 0) is 4.79 Å². The molecule has 1 aliphatic heterocycles. The van der Waals surface area contributed by atoms with Crippen LogP contribution in [0.1, 0.15) is 25.0 Å². The van der Waals surface area contributed by atoms with E-state index in [1.54, 1.807) is 6.92 Å². The van der Waals surface area contributed by atoms with E-state index in [1.807, 2.05) is 29.2 Å². The molecule has 5 heteroatoms. The van der Waals surface area contributed by atoms with Gasteiger partial charge in [0.2, 0.25) is 5.91 Å². The zero-order valence-electron chi connectivity index (χ0n) is 12.0. The van der Waals surface area contributed by atoms with Crippen LogP contribution in [0.15, 0.2) is 24.3 Å². The second kappa shape index (κ2) is 6.72. The maximum atomic E-state index is 11.4. The van der Waals surface area contributed by atoms with Gasteiger partial charge in [0.05, 0.1) is 6.10 Å². The van der Waals surface area contributed by atoms with Gasteiger partial charge in [0.15, 0.2) is 0 Å². The lowest BCUT2D eigenvalue weighted by Gasteiger charge is -2.24. The first-order chi connectivity index (χ1) is 9.56. The standard InChI is InChI=1S/C15H23N3O2/c1-12(19)18-7-3-6-17(8-9-18)11-15(20)13-4-2-5-14(16)10-13/h2,4-5,10,15,20H,3,6-9,11,16H2,1H3. The molecule has 0 aliphatic carbocycles. The van der Waals surface area contributed by atoms with Crippen LogP contribution in [0.4, 0.5) is 5.69 Å². The number of nitrogen functional groups attached to an aromatic ring is 1. The molecule has 5 nitrogen and oxygen atoms in total. The Morgan fingerprint density at radius 1 is 1.35 bits per heavy atom. The van der Waals surface area contributed by atoms with Crippen LogP contribution in [0, 0.1) is 0 Å². The van der Waals surface area contributed by atoms with E-state index in [1.165, 1.54) is 0 Å². The predicted octanol–water partition coefficient (Wildman–Crippen LogP) is 0.856. The Morgan fingerprint density at radius 2 is 2.15 bits per heavy atom. The fourth-order valence-corrected chi connectivity index (χ4v) is 2.58. The van der Waals surface area contributed by atoms with Gasteiger partial charge >= 0.3 is 0 Å². The lowest BCUT2D eigenvalue weighted by molar-refractivity contribution is -0.128. The van der Waals surface area contributed by atoms with Gasteiger partial charge in [-0.15, -0.1) is 0 Å². The van der Waals surface area contributed by atoms with Crippen molar-refractivity contribution in [1.29, 1.82) is 0 Å². The summed E-state index contributed by atoms with van der Waals surface area (Å²) in [5.74, 6) is 0.128. The molecule has 0 radical (unpaired) electrons. The number of amides is 1. The van der Waals surface area contributed by atoms with E-state index >= 15 is 0 Å². The molecule has 0 aromatic heterocycles. The number of nitrogens with zero attached hydrogens (tertiary/aromatic N) is 2. The monoisotopic (exact) mass is 277 g/mol. The summed E-state index contributed by atoms with van der Waals surface area (Å²) in [5.41, 5.74) is 7.25. The van der Waals surface area contributed by atoms with Gasteiger partial charge in [-0.2, -0.15) is 0 Å². The molecule has 1 fully saturated rings. The summed E-state index contributed by atoms with van der Waals surface area (Å²) in [6, 6.07) is 7.37. The molecule has 1 heterocycles. The van der Waals surface area contributed by atoms with Crippen LogP contribution in [0.3, 0.4) is 0 Å². The molecular formula is C15H23N3O2. The van der Waals surface area contributed by atoms with Gasteiger partial charge in [0, 0.05) is 45.3 Å². The zero-order chi connectivity index (χ0) is 14.5. The number of hydrogen-bond donors (Lipinski definition) is 2. The van der Waals surface area contributed by atoms with Crippen molar-refractivity contribution in [3.05, 3.63) is 29.8 Å².